The summed E-state index contributed by atoms with van der Waals surface area (Å²) in [4.78, 5) is 0. The van der Waals surface area contributed by atoms with Crippen LogP contribution >= 0.6 is 0 Å². The number of benzene rings is 4. The predicted molar refractivity (Wildman–Crippen MR) is 165 cm³/mol. The molecule has 0 aromatic heterocycles. The summed E-state index contributed by atoms with van der Waals surface area (Å²) in [5.74, 6) is 1.62. The quantitative estimate of drug-likeness (QED) is 0.171. The molecule has 4 aromatic carbocycles. The van der Waals surface area contributed by atoms with Gasteiger partial charge in [0.15, 0.2) is 23.1 Å². The van der Waals surface area contributed by atoms with Gasteiger partial charge in [-0.25, -0.2) is 8.78 Å². The second-order valence-corrected chi connectivity index (χ2v) is 10.1. The zero-order valence-electron chi connectivity index (χ0n) is 24.8. The Morgan fingerprint density at radius 2 is 1.31 bits per heavy atom. The van der Waals surface area contributed by atoms with Gasteiger partial charge in [-0.3, -0.25) is 0 Å². The van der Waals surface area contributed by atoms with Crippen molar-refractivity contribution in [3.63, 3.8) is 0 Å². The Bertz CT molecular complexity index is 1410. The van der Waals surface area contributed by atoms with Gasteiger partial charge in [-0.1, -0.05) is 60.7 Å². The van der Waals surface area contributed by atoms with Crippen LogP contribution in [0.4, 0.5) is 8.78 Å². The summed E-state index contributed by atoms with van der Waals surface area (Å²) < 4.78 is 43.2. The molecule has 1 atom stereocenters. The molecule has 0 saturated heterocycles. The molecule has 7 heteroatoms. The average Bonchev–Trinajstić information content (AvgIpc) is 2.99. The summed E-state index contributed by atoms with van der Waals surface area (Å²) >= 11 is 0. The summed E-state index contributed by atoms with van der Waals surface area (Å²) in [5, 5.41) is 3.34. The Hall–Kier alpha value is -3.94. The highest BCUT2D eigenvalue weighted by Crippen LogP contribution is 2.38. The van der Waals surface area contributed by atoms with Crippen molar-refractivity contribution in [3.8, 4) is 17.2 Å². The number of hydrogen-bond acceptors (Lipinski definition) is 5. The van der Waals surface area contributed by atoms with Gasteiger partial charge < -0.3 is 25.7 Å². The highest BCUT2D eigenvalue weighted by molar-refractivity contribution is 5.40. The van der Waals surface area contributed by atoms with E-state index in [9.17, 15) is 8.78 Å². The lowest BCUT2D eigenvalue weighted by Gasteiger charge is -2.30. The second kappa shape index (κ2) is 16.5. The van der Waals surface area contributed by atoms with E-state index in [2.05, 4.69) is 35.6 Å². The molecule has 1 aliphatic carbocycles. The topological polar surface area (TPSA) is 74.7 Å². The van der Waals surface area contributed by atoms with Crippen LogP contribution in [0.3, 0.4) is 0 Å². The van der Waals surface area contributed by atoms with Crippen LogP contribution in [0.25, 0.3) is 0 Å². The van der Waals surface area contributed by atoms with Gasteiger partial charge in [0.05, 0.1) is 21.3 Å². The number of fused-ring (bicyclic) bond motifs is 1. The first-order valence-corrected chi connectivity index (χ1v) is 14.1. The molecule has 5 rings (SSSR count). The summed E-state index contributed by atoms with van der Waals surface area (Å²) in [6.07, 6.45) is 4.45. The van der Waals surface area contributed by atoms with Crippen molar-refractivity contribution < 1.29 is 23.0 Å². The molecule has 0 fully saturated rings. The monoisotopic (exact) mass is 576 g/mol. The molecule has 1 aliphatic rings. The Kier molecular flexibility index (Phi) is 12.8. The van der Waals surface area contributed by atoms with Crippen molar-refractivity contribution in [1.82, 2.24) is 11.5 Å². The average molecular weight is 577 g/mol. The lowest BCUT2D eigenvalue weighted by molar-refractivity contribution is 0.383. The molecule has 5 nitrogen and oxygen atoms in total. The molecule has 0 bridgehead atoms. The molecule has 4 aromatic rings. The Morgan fingerprint density at radius 3 is 1.95 bits per heavy atom. The number of ether oxygens (including phenoxy) is 3. The number of aryl methyl sites for hydroxylation is 1. The van der Waals surface area contributed by atoms with E-state index in [1.54, 1.807) is 25.3 Å². The van der Waals surface area contributed by atoms with Crippen LogP contribution in [0.15, 0.2) is 84.9 Å². The number of hydrogen-bond donors (Lipinski definition) is 2. The highest BCUT2D eigenvalue weighted by atomic mass is 19.1. The third-order valence-corrected chi connectivity index (χ3v) is 7.55. The van der Waals surface area contributed by atoms with Crippen LogP contribution in [0, 0.1) is 11.6 Å². The molecule has 0 radical (unpaired) electrons. The lowest BCUT2D eigenvalue weighted by Crippen LogP contribution is -2.20. The van der Waals surface area contributed by atoms with Crippen LogP contribution in [-0.4, -0.2) is 34.4 Å². The van der Waals surface area contributed by atoms with Crippen LogP contribution in [-0.2, 0) is 25.7 Å². The minimum atomic E-state index is -0.264. The van der Waals surface area contributed by atoms with Gasteiger partial charge in [0, 0.05) is 0 Å². The first kappa shape index (κ1) is 32.6. The van der Waals surface area contributed by atoms with E-state index in [1.165, 1.54) is 30.9 Å². The predicted octanol–water partition coefficient (Wildman–Crippen LogP) is 7.49. The minimum Gasteiger partial charge on any atom is -0.497 e. The van der Waals surface area contributed by atoms with E-state index >= 15 is 0 Å². The van der Waals surface area contributed by atoms with Crippen LogP contribution < -0.4 is 25.7 Å². The third kappa shape index (κ3) is 8.54. The van der Waals surface area contributed by atoms with Gasteiger partial charge in [0.25, 0.3) is 0 Å². The maximum atomic E-state index is 14.0. The van der Waals surface area contributed by atoms with E-state index < -0.39 is 0 Å². The second-order valence-electron chi connectivity index (χ2n) is 10.1. The van der Waals surface area contributed by atoms with Crippen LogP contribution in [0.1, 0.15) is 40.2 Å². The van der Waals surface area contributed by atoms with Gasteiger partial charge in [-0.2, -0.15) is 0 Å². The van der Waals surface area contributed by atoms with Gasteiger partial charge in [-0.05, 0) is 103 Å². The summed E-state index contributed by atoms with van der Waals surface area (Å²) in [6.45, 7) is 1.58. The summed E-state index contributed by atoms with van der Waals surface area (Å²) in [5.41, 5.74) is 5.53. The number of nitrogens with one attached hydrogen (secondary N) is 1. The Balaban J connectivity index is 0.000000227. The fourth-order valence-corrected chi connectivity index (χ4v) is 5.17. The van der Waals surface area contributed by atoms with Gasteiger partial charge >= 0.3 is 0 Å². The van der Waals surface area contributed by atoms with Crippen molar-refractivity contribution in [2.24, 2.45) is 0 Å². The Morgan fingerprint density at radius 1 is 0.690 bits per heavy atom. The van der Waals surface area contributed by atoms with Crippen LogP contribution in [0.5, 0.6) is 17.2 Å². The fraction of sp³-hybridized carbons (Fsp3) is 0.314. The first-order valence-electron chi connectivity index (χ1n) is 14.1. The molecular formula is C35H42F2N2O3. The normalized spacial score (nSPS) is 13.0. The Labute approximate surface area is 248 Å². The number of halogens is 2. The van der Waals surface area contributed by atoms with Gasteiger partial charge in [0.2, 0.25) is 0 Å². The number of methoxy groups -OCH3 is 3. The van der Waals surface area contributed by atoms with Gasteiger partial charge in [0.1, 0.15) is 5.75 Å². The van der Waals surface area contributed by atoms with E-state index in [0.29, 0.717) is 29.4 Å². The lowest BCUT2D eigenvalue weighted by atomic mass is 9.75. The molecule has 42 heavy (non-hydrogen) atoms. The van der Waals surface area contributed by atoms with Gasteiger partial charge in [-0.15, -0.1) is 0 Å². The van der Waals surface area contributed by atoms with Crippen LogP contribution in [0.2, 0.25) is 0 Å². The molecule has 0 spiro atoms. The molecule has 1 unspecified atom stereocenters. The molecule has 0 aliphatic heterocycles. The minimum absolute atomic E-state index is 0. The van der Waals surface area contributed by atoms with E-state index in [-0.39, 0.29) is 17.8 Å². The largest absolute Gasteiger partial charge is 0.497 e. The van der Waals surface area contributed by atoms with E-state index in [0.717, 1.165) is 50.1 Å². The first-order chi connectivity index (χ1) is 20.0. The van der Waals surface area contributed by atoms with E-state index in [4.69, 9.17) is 14.2 Å². The summed E-state index contributed by atoms with van der Waals surface area (Å²) in [6, 6.07) is 27.2. The maximum Gasteiger partial charge on any atom is 0.168 e. The van der Waals surface area contributed by atoms with Crippen molar-refractivity contribution in [2.45, 2.75) is 38.0 Å². The summed E-state index contributed by atoms with van der Waals surface area (Å²) in [7, 11) is 4.65. The zero-order valence-corrected chi connectivity index (χ0v) is 24.8. The zero-order chi connectivity index (χ0) is 29.0. The molecule has 224 valence electrons. The third-order valence-electron chi connectivity index (χ3n) is 7.55. The van der Waals surface area contributed by atoms with E-state index in [1.807, 2.05) is 36.4 Å². The molecule has 0 amide bonds. The number of rotatable bonds is 12. The standard InChI is InChI=1S/C18H22FNO2.C17H17FO.H3N/c1-21-16-7-3-5-14(13-16)9-11-20-12-10-15-6-4-8-17(22-2)18(15)19;1-19-16-8-4-6-12(17(16)18)9-10-14-11-13-5-2-3-7-15(13)14;/h3-8,13,20H,9-12H2,1-2H3;2-8,14H,9-11H2,1H3;1H3. The molecule has 4 N–H and O–H groups in total. The maximum absolute atomic E-state index is 14.0. The highest BCUT2D eigenvalue weighted by Gasteiger charge is 2.25. The van der Waals surface area contributed by atoms with Crippen molar-refractivity contribution in [2.75, 3.05) is 34.4 Å². The van der Waals surface area contributed by atoms with Crippen molar-refractivity contribution in [1.29, 1.82) is 0 Å². The fourth-order valence-electron chi connectivity index (χ4n) is 5.17. The molecule has 0 heterocycles. The van der Waals surface area contributed by atoms with Crippen molar-refractivity contribution in [3.05, 3.63) is 124 Å². The smallest absolute Gasteiger partial charge is 0.168 e. The SMILES string of the molecule is COc1cccc(CCC2Cc3ccccc32)c1F.COc1cccc(CCNCCc2cccc(OC)c2F)c1.N. The van der Waals surface area contributed by atoms with Crippen molar-refractivity contribution >= 4 is 0 Å². The molecular weight excluding hydrogens is 534 g/mol. The molecule has 0 saturated carbocycles.